The number of anilines is 1. The van der Waals surface area contributed by atoms with Gasteiger partial charge in [0.1, 0.15) is 10.7 Å². The third-order valence-electron chi connectivity index (χ3n) is 5.38. The van der Waals surface area contributed by atoms with Gasteiger partial charge in [0.15, 0.2) is 0 Å². The van der Waals surface area contributed by atoms with E-state index in [0.717, 1.165) is 30.4 Å². The minimum atomic E-state index is -3.87. The molecule has 1 saturated heterocycles. The Morgan fingerprint density at radius 2 is 2.00 bits per heavy atom. The van der Waals surface area contributed by atoms with Crippen molar-refractivity contribution >= 4 is 39.1 Å². The summed E-state index contributed by atoms with van der Waals surface area (Å²) in [7, 11) is -3.87. The molecular formula is C21H22ClN3O3S. The van der Waals surface area contributed by atoms with Crippen LogP contribution in [-0.2, 0) is 16.6 Å². The van der Waals surface area contributed by atoms with Crippen molar-refractivity contribution < 1.29 is 13.2 Å². The zero-order valence-electron chi connectivity index (χ0n) is 16.1. The fourth-order valence-electron chi connectivity index (χ4n) is 3.75. The molecule has 2 aliphatic heterocycles. The van der Waals surface area contributed by atoms with E-state index in [1.54, 1.807) is 6.07 Å². The van der Waals surface area contributed by atoms with Gasteiger partial charge in [-0.1, -0.05) is 42.3 Å². The molecule has 0 spiro atoms. The van der Waals surface area contributed by atoms with Crippen LogP contribution in [-0.4, -0.2) is 26.7 Å². The third kappa shape index (κ3) is 3.89. The summed E-state index contributed by atoms with van der Waals surface area (Å²) in [6.07, 6.45) is 3.51. The predicted octanol–water partition coefficient (Wildman–Crippen LogP) is 4.06. The minimum absolute atomic E-state index is 0.0357. The Morgan fingerprint density at radius 3 is 2.79 bits per heavy atom. The molecule has 6 nitrogen and oxygen atoms in total. The van der Waals surface area contributed by atoms with Gasteiger partial charge in [0.2, 0.25) is 0 Å². The first kappa shape index (κ1) is 19.9. The maximum absolute atomic E-state index is 12.8. The Kier molecular flexibility index (Phi) is 5.36. The van der Waals surface area contributed by atoms with Crippen molar-refractivity contribution in [3.63, 3.8) is 0 Å². The minimum Gasteiger partial charge on any atom is -0.348 e. The molecule has 2 heterocycles. The molecule has 4 rings (SSSR count). The second kappa shape index (κ2) is 7.80. The summed E-state index contributed by atoms with van der Waals surface area (Å²) in [5.41, 5.74) is 2.70. The topological polar surface area (TPSA) is 78.8 Å². The summed E-state index contributed by atoms with van der Waals surface area (Å²) >= 11 is 6.41. The molecule has 152 valence electrons. The second-order valence-corrected chi connectivity index (χ2v) is 9.33. The zero-order valence-corrected chi connectivity index (χ0v) is 17.7. The molecule has 1 fully saturated rings. The van der Waals surface area contributed by atoms with Crippen molar-refractivity contribution in [1.29, 1.82) is 0 Å². The molecule has 8 heteroatoms. The highest BCUT2D eigenvalue weighted by Gasteiger charge is 2.33. The number of nitrogens with zero attached hydrogens (tertiary/aromatic N) is 2. The lowest BCUT2D eigenvalue weighted by molar-refractivity contribution is 0.0951. The quantitative estimate of drug-likeness (QED) is 0.794. The lowest BCUT2D eigenvalue weighted by Crippen LogP contribution is -2.35. The summed E-state index contributed by atoms with van der Waals surface area (Å²) < 4.78 is 29.5. The van der Waals surface area contributed by atoms with E-state index in [1.165, 1.54) is 6.07 Å². The van der Waals surface area contributed by atoms with Crippen molar-refractivity contribution in [2.45, 2.75) is 44.0 Å². The van der Waals surface area contributed by atoms with Gasteiger partial charge < -0.3 is 10.2 Å². The van der Waals surface area contributed by atoms with Crippen LogP contribution in [0.15, 0.2) is 45.7 Å². The Balaban J connectivity index is 1.66. The van der Waals surface area contributed by atoms with E-state index in [1.807, 2.05) is 36.1 Å². The van der Waals surface area contributed by atoms with Gasteiger partial charge in [-0.25, -0.2) is 0 Å². The summed E-state index contributed by atoms with van der Waals surface area (Å²) in [5, 5.41) is 3.06. The van der Waals surface area contributed by atoms with Crippen LogP contribution < -0.4 is 10.2 Å². The van der Waals surface area contributed by atoms with Gasteiger partial charge in [0.25, 0.3) is 15.9 Å². The maximum Gasteiger partial charge on any atom is 0.286 e. The number of halogens is 1. The van der Waals surface area contributed by atoms with Gasteiger partial charge in [0.05, 0.1) is 16.3 Å². The standard InChI is InChI=1S/C21H22ClN3O3S/c1-14-7-4-5-8-15(14)13-23-21(26)16-11-19-18(12-17(16)22)25-10-6-2-3-9-20(25)24-29(19,27)28/h4-5,7-8,11-12H,2-3,6,9-10,13H2,1H3,(H,23,26). The highest BCUT2D eigenvalue weighted by atomic mass is 35.5. The normalized spacial score (nSPS) is 17.6. The van der Waals surface area contributed by atoms with Gasteiger partial charge in [-0.15, -0.1) is 4.40 Å². The van der Waals surface area contributed by atoms with Crippen LogP contribution in [0.1, 0.15) is 47.2 Å². The Labute approximate surface area is 175 Å². The molecule has 1 amide bonds. The van der Waals surface area contributed by atoms with Crippen LogP contribution in [0.5, 0.6) is 0 Å². The summed E-state index contributed by atoms with van der Waals surface area (Å²) in [4.78, 5) is 14.7. The first-order valence-corrected chi connectivity index (χ1v) is 11.5. The number of fused-ring (bicyclic) bond motifs is 3. The molecule has 0 saturated carbocycles. The van der Waals surface area contributed by atoms with E-state index in [0.29, 0.717) is 31.0 Å². The van der Waals surface area contributed by atoms with Gasteiger partial charge in [-0.05, 0) is 43.0 Å². The van der Waals surface area contributed by atoms with Crippen molar-refractivity contribution in [3.8, 4) is 0 Å². The van der Waals surface area contributed by atoms with Crippen LogP contribution in [0, 0.1) is 6.92 Å². The van der Waals surface area contributed by atoms with Gasteiger partial charge >= 0.3 is 0 Å². The average Bonchev–Trinajstić information content (AvgIpc) is 2.91. The Hall–Kier alpha value is -2.38. The van der Waals surface area contributed by atoms with Gasteiger partial charge in [-0.2, -0.15) is 8.42 Å². The molecule has 0 aliphatic carbocycles. The third-order valence-corrected chi connectivity index (χ3v) is 7.03. The SMILES string of the molecule is Cc1ccccc1CNC(=O)c1cc2c(cc1Cl)N1CCCCCC1=NS2(=O)=O. The first-order chi connectivity index (χ1) is 13.9. The molecule has 0 atom stereocenters. The number of amidine groups is 1. The molecule has 29 heavy (non-hydrogen) atoms. The second-order valence-electron chi connectivity index (χ2n) is 7.35. The highest BCUT2D eigenvalue weighted by molar-refractivity contribution is 7.90. The Morgan fingerprint density at radius 1 is 1.21 bits per heavy atom. The smallest absolute Gasteiger partial charge is 0.286 e. The molecule has 0 bridgehead atoms. The highest BCUT2D eigenvalue weighted by Crippen LogP contribution is 2.37. The maximum atomic E-state index is 12.8. The van der Waals surface area contributed by atoms with Crippen LogP contribution in [0.4, 0.5) is 5.69 Å². The van der Waals surface area contributed by atoms with Crippen molar-refractivity contribution in [3.05, 3.63) is 58.1 Å². The molecule has 0 aromatic heterocycles. The number of hydrogen-bond acceptors (Lipinski definition) is 4. The molecule has 0 unspecified atom stereocenters. The summed E-state index contributed by atoms with van der Waals surface area (Å²) in [5.74, 6) is 0.143. The molecule has 2 aromatic carbocycles. The molecule has 0 radical (unpaired) electrons. The number of nitrogens with one attached hydrogen (secondary N) is 1. The number of hydrogen-bond donors (Lipinski definition) is 1. The fraction of sp³-hybridized carbons (Fsp3) is 0.333. The predicted molar refractivity (Wildman–Crippen MR) is 114 cm³/mol. The van der Waals surface area contributed by atoms with Crippen molar-refractivity contribution in [2.24, 2.45) is 4.40 Å². The van der Waals surface area contributed by atoms with Gasteiger partial charge in [-0.3, -0.25) is 4.79 Å². The summed E-state index contributed by atoms with van der Waals surface area (Å²) in [6, 6.07) is 10.7. The lowest BCUT2D eigenvalue weighted by Gasteiger charge is -2.30. The van der Waals surface area contributed by atoms with Crippen molar-refractivity contribution in [2.75, 3.05) is 11.4 Å². The molecular weight excluding hydrogens is 410 g/mol. The fourth-order valence-corrected chi connectivity index (χ4v) is 5.26. The van der Waals surface area contributed by atoms with Crippen LogP contribution >= 0.6 is 11.6 Å². The van der Waals surface area contributed by atoms with E-state index < -0.39 is 15.9 Å². The Bertz CT molecular complexity index is 1110. The average molecular weight is 432 g/mol. The van der Waals surface area contributed by atoms with E-state index >= 15 is 0 Å². The van der Waals surface area contributed by atoms with E-state index in [9.17, 15) is 13.2 Å². The number of carbonyl (C=O) groups is 1. The largest absolute Gasteiger partial charge is 0.348 e. The number of carbonyl (C=O) groups excluding carboxylic acids is 1. The summed E-state index contributed by atoms with van der Waals surface area (Å²) in [6.45, 7) is 2.99. The molecule has 2 aromatic rings. The number of amides is 1. The number of sulfonamides is 1. The number of aryl methyl sites for hydroxylation is 1. The number of benzene rings is 2. The van der Waals surface area contributed by atoms with Crippen LogP contribution in [0.25, 0.3) is 0 Å². The lowest BCUT2D eigenvalue weighted by atomic mass is 10.1. The van der Waals surface area contributed by atoms with Gasteiger partial charge in [0, 0.05) is 19.5 Å². The zero-order chi connectivity index (χ0) is 20.6. The van der Waals surface area contributed by atoms with E-state index in [4.69, 9.17) is 11.6 Å². The van der Waals surface area contributed by atoms with Crippen molar-refractivity contribution in [1.82, 2.24) is 5.32 Å². The van der Waals surface area contributed by atoms with E-state index in [2.05, 4.69) is 9.71 Å². The molecule has 2 aliphatic rings. The first-order valence-electron chi connectivity index (χ1n) is 9.64. The van der Waals surface area contributed by atoms with Crippen LogP contribution in [0.3, 0.4) is 0 Å². The molecule has 1 N–H and O–H groups in total. The monoisotopic (exact) mass is 431 g/mol. The van der Waals surface area contributed by atoms with E-state index in [-0.39, 0.29) is 15.5 Å². The van der Waals surface area contributed by atoms with Crippen LogP contribution in [0.2, 0.25) is 5.02 Å². The number of rotatable bonds is 3.